The number of hydrogen-bond acceptors (Lipinski definition) is 3. The van der Waals surface area contributed by atoms with Gasteiger partial charge in [-0.1, -0.05) is 34.8 Å². The van der Waals surface area contributed by atoms with Crippen LogP contribution in [0.4, 0.5) is 27.6 Å². The van der Waals surface area contributed by atoms with Crippen molar-refractivity contribution in [2.75, 3.05) is 18.4 Å². The molecule has 1 saturated carbocycles. The maximum Gasteiger partial charge on any atom is 0.463 e. The lowest BCUT2D eigenvalue weighted by Crippen LogP contribution is -2.51. The van der Waals surface area contributed by atoms with Gasteiger partial charge in [-0.25, -0.2) is 0 Å². The van der Waals surface area contributed by atoms with Crippen LogP contribution in [0, 0.1) is 5.92 Å². The third-order valence-electron chi connectivity index (χ3n) is 5.40. The maximum absolute atomic E-state index is 12.9. The van der Waals surface area contributed by atoms with Crippen LogP contribution in [0.3, 0.4) is 0 Å². The third-order valence-corrected chi connectivity index (χ3v) is 7.10. The number of halogens is 10. The minimum absolute atomic E-state index is 0.0601. The Hall–Kier alpha value is -2.05. The van der Waals surface area contributed by atoms with Crippen LogP contribution in [0.25, 0.3) is 0 Å². The van der Waals surface area contributed by atoms with Gasteiger partial charge in [0.15, 0.2) is 0 Å². The van der Waals surface area contributed by atoms with Crippen molar-refractivity contribution in [3.05, 3.63) is 62.6 Å². The number of amides is 3. The van der Waals surface area contributed by atoms with Crippen LogP contribution in [-0.4, -0.2) is 47.2 Å². The number of rotatable bonds is 8. The van der Waals surface area contributed by atoms with Crippen molar-refractivity contribution in [1.29, 1.82) is 0 Å². The molecule has 3 rings (SSSR count). The lowest BCUT2D eigenvalue weighted by Gasteiger charge is -2.18. The Morgan fingerprint density at radius 3 is 2.03 bits per heavy atom. The van der Waals surface area contributed by atoms with Crippen molar-refractivity contribution in [3.8, 4) is 0 Å². The summed E-state index contributed by atoms with van der Waals surface area (Å²) in [5.74, 6) is -11.1. The van der Waals surface area contributed by atoms with Crippen LogP contribution in [0.15, 0.2) is 36.4 Å². The summed E-state index contributed by atoms with van der Waals surface area (Å²) in [7, 11) is 0. The van der Waals surface area contributed by atoms with E-state index in [0.29, 0.717) is 15.6 Å². The molecule has 0 heterocycles. The zero-order valence-corrected chi connectivity index (χ0v) is 22.3. The molecule has 16 heteroatoms. The van der Waals surface area contributed by atoms with E-state index >= 15 is 0 Å². The Balaban J connectivity index is 1.61. The van der Waals surface area contributed by atoms with Gasteiger partial charge in [0.2, 0.25) is 5.91 Å². The van der Waals surface area contributed by atoms with E-state index in [0.717, 1.165) is 0 Å². The number of carbonyl (C=O) groups excluding carboxylic acids is 3. The fourth-order valence-corrected chi connectivity index (χ4v) is 5.08. The molecule has 3 N–H and O–H groups in total. The van der Waals surface area contributed by atoms with E-state index in [9.17, 15) is 36.3 Å². The van der Waals surface area contributed by atoms with E-state index in [1.807, 2.05) is 0 Å². The second-order valence-electron chi connectivity index (χ2n) is 8.10. The van der Waals surface area contributed by atoms with Crippen LogP contribution >= 0.6 is 58.0 Å². The molecule has 3 amide bonds. The topological polar surface area (TPSA) is 87.3 Å². The number of nitrogens with one attached hydrogen (secondary N) is 3. The Bertz CT molecular complexity index is 1260. The first-order valence-electron chi connectivity index (χ1n) is 10.4. The highest BCUT2D eigenvalue weighted by Crippen LogP contribution is 2.65. The largest absolute Gasteiger partial charge is 0.463 e. The van der Waals surface area contributed by atoms with E-state index in [4.69, 9.17) is 58.0 Å². The SMILES string of the molecule is O=C(NCCNC(=O)C(F)(F)C(F)(F)F)c1cc(NC(=O)C2C(c3cc(Cl)cc(Cl)c3)C2(Cl)Cl)ccc1Cl. The third kappa shape index (κ3) is 6.56. The normalized spacial score (nSPS) is 18.5. The zero-order chi connectivity index (χ0) is 28.6. The predicted molar refractivity (Wildman–Crippen MR) is 134 cm³/mol. The molecule has 1 aliphatic carbocycles. The summed E-state index contributed by atoms with van der Waals surface area (Å²) in [5.41, 5.74) is 0.513. The van der Waals surface area contributed by atoms with E-state index in [1.165, 1.54) is 29.6 Å². The number of carbonyl (C=O) groups is 3. The predicted octanol–water partition coefficient (Wildman–Crippen LogP) is 6.22. The van der Waals surface area contributed by atoms with Crippen molar-refractivity contribution in [2.24, 2.45) is 5.92 Å². The van der Waals surface area contributed by atoms with Crippen molar-refractivity contribution in [1.82, 2.24) is 10.6 Å². The first kappa shape index (κ1) is 30.5. The van der Waals surface area contributed by atoms with Gasteiger partial charge in [0.05, 0.1) is 16.5 Å². The van der Waals surface area contributed by atoms with Gasteiger partial charge in [-0.3, -0.25) is 14.4 Å². The minimum atomic E-state index is -6.06. The van der Waals surface area contributed by atoms with Gasteiger partial charge in [0.1, 0.15) is 4.33 Å². The molecule has 1 aliphatic rings. The number of anilines is 1. The van der Waals surface area contributed by atoms with Gasteiger partial charge in [0.25, 0.3) is 11.8 Å². The average molecular weight is 642 g/mol. The molecular formula is C22H15Cl5F5N3O3. The molecule has 0 bridgehead atoms. The molecule has 2 atom stereocenters. The van der Waals surface area contributed by atoms with Gasteiger partial charge in [0, 0.05) is 34.7 Å². The molecular weight excluding hydrogens is 627 g/mol. The van der Waals surface area contributed by atoms with Crippen LogP contribution in [0.2, 0.25) is 15.1 Å². The molecule has 0 aliphatic heterocycles. The average Bonchev–Trinajstić information content (AvgIpc) is 3.38. The molecule has 2 aromatic rings. The summed E-state index contributed by atoms with van der Waals surface area (Å²) in [6, 6.07) is 8.51. The van der Waals surface area contributed by atoms with Gasteiger partial charge in [-0.15, -0.1) is 23.2 Å². The Morgan fingerprint density at radius 1 is 0.868 bits per heavy atom. The molecule has 38 heavy (non-hydrogen) atoms. The molecule has 6 nitrogen and oxygen atoms in total. The number of hydrogen-bond donors (Lipinski definition) is 3. The number of alkyl halides is 7. The highest BCUT2D eigenvalue weighted by Gasteiger charge is 2.67. The van der Waals surface area contributed by atoms with Crippen LogP contribution in [0.5, 0.6) is 0 Å². The highest BCUT2D eigenvalue weighted by atomic mass is 35.5. The second kappa shape index (κ2) is 11.2. The lowest BCUT2D eigenvalue weighted by molar-refractivity contribution is -0.269. The first-order chi connectivity index (χ1) is 17.5. The van der Waals surface area contributed by atoms with Gasteiger partial charge >= 0.3 is 12.1 Å². The standard InChI is InChI=1S/C22H15Cl5F5N3O3/c23-10-5-9(6-11(24)7-10)15-16(20(15,26)27)18(37)35-12-1-2-14(25)13(8-12)17(36)33-3-4-34-19(38)21(28,29)22(30,31)32/h1-2,5-8,15-16H,3-4H2,(H,33,36)(H,34,38)(H,35,37). The quantitative estimate of drug-likeness (QED) is 0.182. The second-order valence-corrected chi connectivity index (χ2v) is 10.8. The smallest absolute Gasteiger partial charge is 0.350 e. The first-order valence-corrected chi connectivity index (χ1v) is 12.3. The summed E-state index contributed by atoms with van der Waals surface area (Å²) >= 11 is 30.7. The fraction of sp³-hybridized carbons (Fsp3) is 0.318. The molecule has 206 valence electrons. The molecule has 0 aromatic heterocycles. The van der Waals surface area contributed by atoms with Crippen molar-refractivity contribution < 1.29 is 36.3 Å². The van der Waals surface area contributed by atoms with Crippen LogP contribution in [0.1, 0.15) is 21.8 Å². The van der Waals surface area contributed by atoms with E-state index in [1.54, 1.807) is 12.1 Å². The van der Waals surface area contributed by atoms with E-state index < -0.39 is 59.1 Å². The van der Waals surface area contributed by atoms with Crippen molar-refractivity contribution >= 4 is 81.4 Å². The van der Waals surface area contributed by atoms with Crippen LogP contribution < -0.4 is 16.0 Å². The van der Waals surface area contributed by atoms with E-state index in [-0.39, 0.29) is 16.3 Å². The lowest BCUT2D eigenvalue weighted by atomic mass is 10.1. The highest BCUT2D eigenvalue weighted by molar-refractivity contribution is 6.53. The number of benzene rings is 2. The molecule has 0 radical (unpaired) electrons. The molecule has 1 fully saturated rings. The van der Waals surface area contributed by atoms with Crippen molar-refractivity contribution in [3.63, 3.8) is 0 Å². The van der Waals surface area contributed by atoms with E-state index in [2.05, 4.69) is 10.6 Å². The van der Waals surface area contributed by atoms with Crippen LogP contribution in [-0.2, 0) is 9.59 Å². The summed E-state index contributed by atoms with van der Waals surface area (Å²) in [6.45, 7) is -1.23. The molecule has 0 spiro atoms. The van der Waals surface area contributed by atoms with Gasteiger partial charge in [-0.2, -0.15) is 22.0 Å². The summed E-state index contributed by atoms with van der Waals surface area (Å²) < 4.78 is 61.0. The maximum atomic E-state index is 12.9. The molecule has 2 unspecified atom stereocenters. The Labute approximate surface area is 237 Å². The molecule has 0 saturated heterocycles. The monoisotopic (exact) mass is 639 g/mol. The van der Waals surface area contributed by atoms with Gasteiger partial charge in [-0.05, 0) is 42.0 Å². The Morgan fingerprint density at radius 2 is 1.45 bits per heavy atom. The summed E-state index contributed by atoms with van der Waals surface area (Å²) in [6.07, 6.45) is -6.06. The summed E-state index contributed by atoms with van der Waals surface area (Å²) in [4.78, 5) is 36.4. The molecule has 2 aromatic carbocycles. The van der Waals surface area contributed by atoms with Gasteiger partial charge < -0.3 is 16.0 Å². The fourth-order valence-electron chi connectivity index (χ4n) is 3.51. The van der Waals surface area contributed by atoms with Crippen molar-refractivity contribution in [2.45, 2.75) is 22.4 Å². The minimum Gasteiger partial charge on any atom is -0.350 e. The summed E-state index contributed by atoms with van der Waals surface area (Å²) in [5, 5.41) is 6.75. The zero-order valence-electron chi connectivity index (χ0n) is 18.5. The Kier molecular flexibility index (Phi) is 8.99.